The van der Waals surface area contributed by atoms with Crippen LogP contribution in [-0.4, -0.2) is 25.4 Å². The fourth-order valence-electron chi connectivity index (χ4n) is 1.51. The van der Waals surface area contributed by atoms with E-state index in [9.17, 15) is 8.42 Å². The topological polar surface area (TPSA) is 72.2 Å². The summed E-state index contributed by atoms with van der Waals surface area (Å²) in [5.74, 6) is 0.808. The Kier molecular flexibility index (Phi) is 3.30. The van der Waals surface area contributed by atoms with E-state index in [0.717, 1.165) is 30.7 Å². The molecule has 6 heteroatoms. The number of hydrogen-bond acceptors (Lipinski definition) is 4. The van der Waals surface area contributed by atoms with Gasteiger partial charge in [0, 0.05) is 19.0 Å². The molecule has 0 atom stereocenters. The maximum absolute atomic E-state index is 11.5. The lowest BCUT2D eigenvalue weighted by Gasteiger charge is -2.03. The van der Waals surface area contributed by atoms with E-state index in [0.29, 0.717) is 13.0 Å². The number of nitrogens with zero attached hydrogens (tertiary/aromatic N) is 1. The van der Waals surface area contributed by atoms with E-state index in [1.807, 2.05) is 13.0 Å². The van der Waals surface area contributed by atoms with E-state index in [2.05, 4.69) is 9.88 Å². The summed E-state index contributed by atoms with van der Waals surface area (Å²) in [4.78, 5) is 0. The van der Waals surface area contributed by atoms with E-state index in [1.165, 1.54) is 0 Å². The van der Waals surface area contributed by atoms with Crippen molar-refractivity contribution < 1.29 is 12.9 Å². The van der Waals surface area contributed by atoms with Crippen molar-refractivity contribution in [3.8, 4) is 0 Å². The summed E-state index contributed by atoms with van der Waals surface area (Å²) in [6.45, 7) is 2.33. The first-order valence-corrected chi connectivity index (χ1v) is 7.03. The minimum atomic E-state index is -3.03. The van der Waals surface area contributed by atoms with Gasteiger partial charge in [-0.25, -0.2) is 13.1 Å². The molecule has 1 heterocycles. The average molecular weight is 244 g/mol. The SMILES string of the molecule is Cc1cc(CCCNS(=O)(=O)C2CC2)on1. The molecule has 1 fully saturated rings. The van der Waals surface area contributed by atoms with Crippen LogP contribution < -0.4 is 4.72 Å². The predicted octanol–water partition coefficient (Wildman–Crippen LogP) is 0.997. The Morgan fingerprint density at radius 3 is 2.88 bits per heavy atom. The van der Waals surface area contributed by atoms with Gasteiger partial charge in [-0.2, -0.15) is 0 Å². The third kappa shape index (κ3) is 3.05. The number of hydrogen-bond donors (Lipinski definition) is 1. The van der Waals surface area contributed by atoms with E-state index in [4.69, 9.17) is 4.52 Å². The molecule has 1 N–H and O–H groups in total. The molecule has 0 spiro atoms. The van der Waals surface area contributed by atoms with Gasteiger partial charge < -0.3 is 4.52 Å². The molecule has 0 radical (unpaired) electrons. The second kappa shape index (κ2) is 4.55. The molecule has 16 heavy (non-hydrogen) atoms. The lowest BCUT2D eigenvalue weighted by atomic mass is 10.2. The number of rotatable bonds is 6. The van der Waals surface area contributed by atoms with Crippen molar-refractivity contribution in [2.45, 2.75) is 37.9 Å². The smallest absolute Gasteiger partial charge is 0.214 e. The minimum absolute atomic E-state index is 0.139. The zero-order valence-corrected chi connectivity index (χ0v) is 10.1. The number of nitrogens with one attached hydrogen (secondary N) is 1. The summed E-state index contributed by atoms with van der Waals surface area (Å²) in [6.07, 6.45) is 3.06. The normalized spacial score (nSPS) is 16.6. The van der Waals surface area contributed by atoms with Crippen LogP contribution in [-0.2, 0) is 16.4 Å². The highest BCUT2D eigenvalue weighted by molar-refractivity contribution is 7.90. The van der Waals surface area contributed by atoms with Crippen molar-refractivity contribution in [3.63, 3.8) is 0 Å². The first-order chi connectivity index (χ1) is 7.58. The Labute approximate surface area is 95.3 Å². The minimum Gasteiger partial charge on any atom is -0.361 e. The van der Waals surface area contributed by atoms with Gasteiger partial charge >= 0.3 is 0 Å². The summed E-state index contributed by atoms with van der Waals surface area (Å²) >= 11 is 0. The Bertz CT molecular complexity index is 448. The second-order valence-corrected chi connectivity index (χ2v) is 6.22. The van der Waals surface area contributed by atoms with Crippen LogP contribution >= 0.6 is 0 Å². The summed E-state index contributed by atoms with van der Waals surface area (Å²) in [7, 11) is -3.03. The lowest BCUT2D eigenvalue weighted by molar-refractivity contribution is 0.377. The molecule has 1 aromatic heterocycles. The molecule has 0 unspecified atom stereocenters. The lowest BCUT2D eigenvalue weighted by Crippen LogP contribution is -2.28. The molecule has 1 aliphatic rings. The summed E-state index contributed by atoms with van der Waals surface area (Å²) in [6, 6.07) is 1.87. The largest absolute Gasteiger partial charge is 0.361 e. The summed E-state index contributed by atoms with van der Waals surface area (Å²) in [5.41, 5.74) is 0.855. The highest BCUT2D eigenvalue weighted by atomic mass is 32.2. The highest BCUT2D eigenvalue weighted by Crippen LogP contribution is 2.27. The number of sulfonamides is 1. The van der Waals surface area contributed by atoms with Crippen molar-refractivity contribution in [1.82, 2.24) is 9.88 Å². The molecule has 90 valence electrons. The van der Waals surface area contributed by atoms with Crippen molar-refractivity contribution in [2.75, 3.05) is 6.54 Å². The monoisotopic (exact) mass is 244 g/mol. The Balaban J connectivity index is 1.69. The zero-order chi connectivity index (χ0) is 11.6. The fraction of sp³-hybridized carbons (Fsp3) is 0.700. The van der Waals surface area contributed by atoms with E-state index >= 15 is 0 Å². The van der Waals surface area contributed by atoms with Gasteiger partial charge in [0.05, 0.1) is 10.9 Å². The van der Waals surface area contributed by atoms with Gasteiger partial charge in [-0.05, 0) is 26.2 Å². The van der Waals surface area contributed by atoms with Gasteiger partial charge in [0.2, 0.25) is 10.0 Å². The van der Waals surface area contributed by atoms with Crippen LogP contribution in [0.15, 0.2) is 10.6 Å². The quantitative estimate of drug-likeness (QED) is 0.758. The number of aromatic nitrogens is 1. The standard InChI is InChI=1S/C10H16N2O3S/c1-8-7-9(15-12-8)3-2-6-11-16(13,14)10-4-5-10/h7,10-11H,2-6H2,1H3. The van der Waals surface area contributed by atoms with Gasteiger partial charge in [-0.3, -0.25) is 0 Å². The molecule has 0 amide bonds. The van der Waals surface area contributed by atoms with Crippen molar-refractivity contribution >= 4 is 10.0 Å². The Morgan fingerprint density at radius 2 is 2.31 bits per heavy atom. The van der Waals surface area contributed by atoms with Crippen LogP contribution in [0.25, 0.3) is 0 Å². The molecule has 0 bridgehead atoms. The van der Waals surface area contributed by atoms with Crippen LogP contribution in [0.1, 0.15) is 30.7 Å². The van der Waals surface area contributed by atoms with Crippen molar-refractivity contribution in [1.29, 1.82) is 0 Å². The van der Waals surface area contributed by atoms with Crippen LogP contribution in [0.4, 0.5) is 0 Å². The van der Waals surface area contributed by atoms with E-state index in [1.54, 1.807) is 0 Å². The molecule has 1 aromatic rings. The molecule has 5 nitrogen and oxygen atoms in total. The number of aryl methyl sites for hydroxylation is 2. The van der Waals surface area contributed by atoms with Crippen LogP contribution in [0.3, 0.4) is 0 Å². The molecular weight excluding hydrogens is 228 g/mol. The average Bonchev–Trinajstić information content (AvgIpc) is 2.99. The third-order valence-electron chi connectivity index (χ3n) is 2.54. The fourth-order valence-corrected chi connectivity index (χ4v) is 2.93. The van der Waals surface area contributed by atoms with Gasteiger partial charge in [-0.15, -0.1) is 0 Å². The molecule has 1 aliphatic carbocycles. The highest BCUT2D eigenvalue weighted by Gasteiger charge is 2.35. The maximum atomic E-state index is 11.5. The molecule has 2 rings (SSSR count). The van der Waals surface area contributed by atoms with E-state index < -0.39 is 10.0 Å². The molecule has 0 saturated heterocycles. The van der Waals surface area contributed by atoms with Crippen LogP contribution in [0.5, 0.6) is 0 Å². The van der Waals surface area contributed by atoms with Gasteiger partial charge in [0.25, 0.3) is 0 Å². The Hall–Kier alpha value is -0.880. The molecular formula is C10H16N2O3S. The Morgan fingerprint density at radius 1 is 1.56 bits per heavy atom. The van der Waals surface area contributed by atoms with Crippen LogP contribution in [0.2, 0.25) is 0 Å². The van der Waals surface area contributed by atoms with Gasteiger partial charge in [-0.1, -0.05) is 5.16 Å². The van der Waals surface area contributed by atoms with Gasteiger partial charge in [0.1, 0.15) is 5.76 Å². The van der Waals surface area contributed by atoms with E-state index in [-0.39, 0.29) is 5.25 Å². The predicted molar refractivity (Wildman–Crippen MR) is 59.5 cm³/mol. The first kappa shape index (κ1) is 11.6. The molecule has 0 aliphatic heterocycles. The van der Waals surface area contributed by atoms with Gasteiger partial charge in [0.15, 0.2) is 0 Å². The second-order valence-electron chi connectivity index (χ2n) is 4.18. The first-order valence-electron chi connectivity index (χ1n) is 5.48. The summed E-state index contributed by atoms with van der Waals surface area (Å²) < 4.78 is 30.6. The molecule has 1 saturated carbocycles. The van der Waals surface area contributed by atoms with Crippen LogP contribution in [0, 0.1) is 6.92 Å². The zero-order valence-electron chi connectivity index (χ0n) is 9.27. The van der Waals surface area contributed by atoms with Crippen molar-refractivity contribution in [3.05, 3.63) is 17.5 Å². The summed E-state index contributed by atoms with van der Waals surface area (Å²) in [5, 5.41) is 3.63. The maximum Gasteiger partial charge on any atom is 0.214 e. The molecule has 0 aromatic carbocycles. The third-order valence-corrected chi connectivity index (χ3v) is 4.50. The van der Waals surface area contributed by atoms with Crippen molar-refractivity contribution in [2.24, 2.45) is 0 Å².